The lowest BCUT2D eigenvalue weighted by Gasteiger charge is -2.45. The van der Waals surface area contributed by atoms with Crippen LogP contribution in [0, 0.1) is 0 Å². The Kier molecular flexibility index (Phi) is 8.12. The number of alkyl halides is 2. The van der Waals surface area contributed by atoms with E-state index in [9.17, 15) is 14.4 Å². The number of benzene rings is 2. The smallest absolute Gasteiger partial charge is 0.437 e. The summed E-state index contributed by atoms with van der Waals surface area (Å²) < 4.78 is 43.0. The molecule has 7 rings (SSSR count). The number of hydrogen-bond acceptors (Lipinski definition) is 5. The molecule has 2 aromatic rings. The monoisotopic (exact) mass is 650 g/mol. The van der Waals surface area contributed by atoms with Gasteiger partial charge in [0.2, 0.25) is 11.9 Å². The molecule has 0 saturated carbocycles. The minimum absolute atomic E-state index is 0.0437. The van der Waals surface area contributed by atoms with E-state index in [1.54, 1.807) is 20.8 Å². The Morgan fingerprint density at radius 2 is 1.85 bits per heavy atom. The number of fused-ring (bicyclic) bond motifs is 6. The minimum atomic E-state index is -3.27. The lowest BCUT2D eigenvalue weighted by atomic mass is 9.83. The zero-order chi connectivity index (χ0) is 33.9. The van der Waals surface area contributed by atoms with Crippen molar-refractivity contribution in [2.45, 2.75) is 128 Å². The zero-order valence-corrected chi connectivity index (χ0v) is 28.0. The molecule has 2 aromatic carbocycles. The number of aliphatic imine (C=N–C) groups is 1. The third kappa shape index (κ3) is 6.58. The fourth-order valence-corrected chi connectivity index (χ4v) is 7.38. The predicted molar refractivity (Wildman–Crippen MR) is 173 cm³/mol. The summed E-state index contributed by atoms with van der Waals surface area (Å²) in [4.78, 5) is 46.3. The standard InChI is InChI=1S/C36H44F2N4O5/c1-7-35-15-9-8-10-21-11-14-28-24(16-21)26(18-34(5,6)46-28)39-30(44)22-12-13-25-23(17-22)27(19-36(25,37)38)42(29(43)20-35)31(41-35)40-32(45)47-33(2,3)4/h11-14,16-17,26-27H,7-10,15,18-20H2,1-6H3,(H,39,44)(H,40,41,45)/t26-,27+,35+/m0/s1. The molecule has 5 aliphatic rings. The summed E-state index contributed by atoms with van der Waals surface area (Å²) in [6, 6.07) is 8.68. The van der Waals surface area contributed by atoms with Crippen LogP contribution in [0.3, 0.4) is 0 Å². The quantitative estimate of drug-likeness (QED) is 0.337. The van der Waals surface area contributed by atoms with E-state index < -0.39 is 53.0 Å². The Labute approximate surface area is 274 Å². The van der Waals surface area contributed by atoms with Gasteiger partial charge in [-0.05, 0) is 89.6 Å². The summed E-state index contributed by atoms with van der Waals surface area (Å²) in [5.74, 6) is -3.50. The first-order valence-electron chi connectivity index (χ1n) is 16.6. The van der Waals surface area contributed by atoms with Gasteiger partial charge in [0.05, 0.1) is 18.5 Å². The van der Waals surface area contributed by atoms with Gasteiger partial charge in [-0.3, -0.25) is 14.5 Å². The van der Waals surface area contributed by atoms with Gasteiger partial charge < -0.3 is 20.1 Å². The summed E-state index contributed by atoms with van der Waals surface area (Å²) in [7, 11) is 0. The van der Waals surface area contributed by atoms with Crippen molar-refractivity contribution in [1.29, 1.82) is 0 Å². The van der Waals surface area contributed by atoms with Gasteiger partial charge in [-0.1, -0.05) is 31.5 Å². The van der Waals surface area contributed by atoms with Gasteiger partial charge in [0.1, 0.15) is 17.0 Å². The van der Waals surface area contributed by atoms with Gasteiger partial charge in [-0.15, -0.1) is 4.99 Å². The molecular weight excluding hydrogens is 606 g/mol. The maximum Gasteiger partial charge on any atom is 0.437 e. The van der Waals surface area contributed by atoms with Gasteiger partial charge in [0.15, 0.2) is 0 Å². The largest absolute Gasteiger partial charge is 0.487 e. The molecule has 0 spiro atoms. The first-order chi connectivity index (χ1) is 22.0. The highest BCUT2D eigenvalue weighted by Crippen LogP contribution is 2.51. The number of amides is 3. The number of nitrogens with zero attached hydrogens (tertiary/aromatic N) is 2. The Morgan fingerprint density at radius 1 is 1.09 bits per heavy atom. The van der Waals surface area contributed by atoms with Crippen LogP contribution in [-0.4, -0.2) is 45.5 Å². The highest BCUT2D eigenvalue weighted by atomic mass is 19.3. The molecule has 1 fully saturated rings. The second-order valence-corrected chi connectivity index (χ2v) is 15.0. The predicted octanol–water partition coefficient (Wildman–Crippen LogP) is 7.24. The number of rotatable bonds is 1. The lowest BCUT2D eigenvalue weighted by Crippen LogP contribution is -2.63. The topological polar surface area (TPSA) is 109 Å². The Morgan fingerprint density at radius 3 is 2.57 bits per heavy atom. The van der Waals surface area contributed by atoms with E-state index in [-0.39, 0.29) is 35.1 Å². The second-order valence-electron chi connectivity index (χ2n) is 15.0. The summed E-state index contributed by atoms with van der Waals surface area (Å²) in [6.45, 7) is 11.0. The van der Waals surface area contributed by atoms with Gasteiger partial charge in [-0.25, -0.2) is 13.6 Å². The van der Waals surface area contributed by atoms with E-state index in [1.165, 1.54) is 23.1 Å². The van der Waals surface area contributed by atoms with Crippen molar-refractivity contribution in [3.05, 3.63) is 64.2 Å². The molecule has 47 heavy (non-hydrogen) atoms. The van der Waals surface area contributed by atoms with E-state index in [1.807, 2.05) is 32.9 Å². The maximum atomic E-state index is 15.6. The number of guanidine groups is 1. The lowest BCUT2D eigenvalue weighted by molar-refractivity contribution is -0.133. The molecule has 4 aliphatic heterocycles. The van der Waals surface area contributed by atoms with Gasteiger partial charge in [0.25, 0.3) is 11.8 Å². The Bertz CT molecular complexity index is 1650. The Hall–Kier alpha value is -4.02. The van der Waals surface area contributed by atoms with E-state index in [2.05, 4.69) is 21.7 Å². The van der Waals surface area contributed by atoms with Crippen LogP contribution in [-0.2, 0) is 21.9 Å². The first-order valence-corrected chi connectivity index (χ1v) is 16.6. The molecule has 0 radical (unpaired) electrons. The van der Waals surface area contributed by atoms with Crippen molar-refractivity contribution >= 4 is 23.9 Å². The number of ether oxygens (including phenoxy) is 2. The third-order valence-electron chi connectivity index (χ3n) is 9.67. The fraction of sp³-hybridized carbons (Fsp3) is 0.556. The van der Waals surface area contributed by atoms with E-state index in [0.29, 0.717) is 25.0 Å². The number of hydrogen-bond donors (Lipinski definition) is 2. The van der Waals surface area contributed by atoms with Crippen LogP contribution in [0.15, 0.2) is 41.4 Å². The molecule has 1 aliphatic carbocycles. The first kappa shape index (κ1) is 32.9. The van der Waals surface area contributed by atoms with Crippen LogP contribution >= 0.6 is 0 Å². The third-order valence-corrected chi connectivity index (χ3v) is 9.67. The summed E-state index contributed by atoms with van der Waals surface area (Å²) >= 11 is 0. The van der Waals surface area contributed by atoms with E-state index in [0.717, 1.165) is 30.4 Å². The minimum Gasteiger partial charge on any atom is -0.487 e. The highest BCUT2D eigenvalue weighted by Gasteiger charge is 2.52. The molecule has 2 N–H and O–H groups in total. The van der Waals surface area contributed by atoms with Crippen molar-refractivity contribution in [2.75, 3.05) is 0 Å². The van der Waals surface area contributed by atoms with Gasteiger partial charge >= 0.3 is 6.09 Å². The average Bonchev–Trinajstić information content (AvgIpc) is 3.22. The molecule has 11 heteroatoms. The van der Waals surface area contributed by atoms with Crippen molar-refractivity contribution in [2.24, 2.45) is 4.99 Å². The molecule has 1 saturated heterocycles. The average molecular weight is 651 g/mol. The van der Waals surface area contributed by atoms with Crippen molar-refractivity contribution in [1.82, 2.24) is 15.5 Å². The molecule has 0 aromatic heterocycles. The number of nitrogens with one attached hydrogen (secondary N) is 2. The maximum absolute atomic E-state index is 15.6. The van der Waals surface area contributed by atoms with Crippen LogP contribution < -0.4 is 15.4 Å². The number of carbonyl (C=O) groups excluding carboxylic acids is 3. The van der Waals surface area contributed by atoms with Crippen molar-refractivity contribution < 1.29 is 32.6 Å². The molecule has 0 unspecified atom stereocenters. The molecule has 4 heterocycles. The molecule has 9 nitrogen and oxygen atoms in total. The van der Waals surface area contributed by atoms with E-state index in [4.69, 9.17) is 9.47 Å². The number of halogens is 2. The van der Waals surface area contributed by atoms with Gasteiger partial charge in [0, 0.05) is 35.1 Å². The van der Waals surface area contributed by atoms with Crippen LogP contribution in [0.1, 0.15) is 131 Å². The molecule has 6 bridgehead atoms. The number of aryl methyl sites for hydroxylation is 1. The van der Waals surface area contributed by atoms with Crippen LogP contribution in [0.4, 0.5) is 13.6 Å². The molecule has 3 amide bonds. The normalized spacial score (nSPS) is 27.3. The van der Waals surface area contributed by atoms with E-state index >= 15 is 8.78 Å². The second kappa shape index (κ2) is 11.6. The highest BCUT2D eigenvalue weighted by molar-refractivity contribution is 6.04. The van der Waals surface area contributed by atoms with Crippen LogP contribution in [0.25, 0.3) is 0 Å². The summed E-state index contributed by atoms with van der Waals surface area (Å²) in [6.07, 6.45) is 2.46. The van der Waals surface area contributed by atoms with Crippen LogP contribution in [0.5, 0.6) is 5.75 Å². The summed E-state index contributed by atoms with van der Waals surface area (Å²) in [5, 5.41) is 6.49. The molecular formula is C36H44F2N4O5. The Balaban J connectivity index is 1.46. The summed E-state index contributed by atoms with van der Waals surface area (Å²) in [5.41, 5.74) is -0.0370. The van der Waals surface area contributed by atoms with Crippen molar-refractivity contribution in [3.63, 3.8) is 0 Å². The fourth-order valence-electron chi connectivity index (χ4n) is 7.38. The SMILES string of the molecule is CC[C@@]12CCCCc3ccc4c(c3)[C@H](CC(C)(C)O4)NC(=O)c3ccc4c(c3)[C@@H](CC4(F)F)N(C(=O)C1)/C(=N/C(=O)OC(C)(C)C)N2. The zero-order valence-electron chi connectivity index (χ0n) is 28.0. The number of carbonyl (C=O) groups is 3. The molecule has 252 valence electrons. The van der Waals surface area contributed by atoms with Crippen LogP contribution in [0.2, 0.25) is 0 Å². The van der Waals surface area contributed by atoms with Crippen molar-refractivity contribution in [3.8, 4) is 5.75 Å². The van der Waals surface area contributed by atoms with Gasteiger partial charge in [-0.2, -0.15) is 0 Å². The molecule has 3 atom stereocenters.